The lowest BCUT2D eigenvalue weighted by molar-refractivity contribution is 0.430. The fraction of sp³-hybridized carbons (Fsp3) is 0.571. The summed E-state index contributed by atoms with van der Waals surface area (Å²) in [6, 6.07) is 0.426. The maximum atomic E-state index is 5.98. The summed E-state index contributed by atoms with van der Waals surface area (Å²) in [5.74, 6) is 1.24. The van der Waals surface area contributed by atoms with Gasteiger partial charge in [0.05, 0.1) is 5.39 Å². The predicted molar refractivity (Wildman–Crippen MR) is 75.6 cm³/mol. The highest BCUT2D eigenvalue weighted by Crippen LogP contribution is 2.31. The number of hydrogen-bond donors (Lipinski definition) is 1. The third-order valence-electron chi connectivity index (χ3n) is 3.62. The first-order valence-corrected chi connectivity index (χ1v) is 6.51. The molecule has 0 spiro atoms. The molecule has 2 aromatic rings. The van der Waals surface area contributed by atoms with E-state index in [1.807, 2.05) is 0 Å². The van der Waals surface area contributed by atoms with E-state index in [4.69, 9.17) is 5.73 Å². The van der Waals surface area contributed by atoms with Crippen LogP contribution in [0.2, 0.25) is 0 Å². The van der Waals surface area contributed by atoms with Gasteiger partial charge in [0, 0.05) is 11.7 Å². The Kier molecular flexibility index (Phi) is 3.28. The average Bonchev–Trinajstić information content (AvgIpc) is 2.52. The molecule has 18 heavy (non-hydrogen) atoms. The zero-order valence-corrected chi connectivity index (χ0v) is 11.9. The van der Waals surface area contributed by atoms with Crippen molar-refractivity contribution in [3.8, 4) is 0 Å². The highest BCUT2D eigenvalue weighted by atomic mass is 15.1. The van der Waals surface area contributed by atoms with Crippen molar-refractivity contribution in [2.24, 2.45) is 5.92 Å². The second kappa shape index (κ2) is 4.59. The fourth-order valence-corrected chi connectivity index (χ4v) is 2.78. The van der Waals surface area contributed by atoms with Crippen molar-refractivity contribution < 1.29 is 0 Å². The lowest BCUT2D eigenvalue weighted by Gasteiger charge is -2.19. The van der Waals surface area contributed by atoms with Crippen LogP contribution in [-0.2, 0) is 0 Å². The van der Waals surface area contributed by atoms with Crippen LogP contribution in [0, 0.1) is 19.8 Å². The Morgan fingerprint density at radius 3 is 2.50 bits per heavy atom. The van der Waals surface area contributed by atoms with Crippen LogP contribution in [0.1, 0.15) is 44.5 Å². The SMILES string of the molecule is Cc1c(C)n(C(C)CC(C)C)c2ncnc(N)c12. The van der Waals surface area contributed by atoms with E-state index in [2.05, 4.69) is 49.2 Å². The molecular weight excluding hydrogens is 224 g/mol. The van der Waals surface area contributed by atoms with Crippen molar-refractivity contribution in [2.45, 2.75) is 47.1 Å². The number of nitrogens with two attached hydrogens (primary N) is 1. The van der Waals surface area contributed by atoms with E-state index in [0.717, 1.165) is 17.5 Å². The number of aromatic nitrogens is 3. The quantitative estimate of drug-likeness (QED) is 0.904. The summed E-state index contributed by atoms with van der Waals surface area (Å²) in [7, 11) is 0. The average molecular weight is 246 g/mol. The Morgan fingerprint density at radius 1 is 1.22 bits per heavy atom. The third kappa shape index (κ3) is 1.96. The minimum atomic E-state index is 0.426. The molecular formula is C14H22N4. The van der Waals surface area contributed by atoms with Gasteiger partial charge in [0.1, 0.15) is 17.8 Å². The van der Waals surface area contributed by atoms with Gasteiger partial charge in [-0.1, -0.05) is 13.8 Å². The zero-order chi connectivity index (χ0) is 13.4. The molecule has 0 bridgehead atoms. The molecule has 4 heteroatoms. The second-order valence-electron chi connectivity index (χ2n) is 5.52. The number of anilines is 1. The van der Waals surface area contributed by atoms with Crippen molar-refractivity contribution in [3.05, 3.63) is 17.6 Å². The molecule has 2 aromatic heterocycles. The van der Waals surface area contributed by atoms with Crippen LogP contribution in [0.5, 0.6) is 0 Å². The number of nitrogen functional groups attached to an aromatic ring is 1. The topological polar surface area (TPSA) is 56.7 Å². The summed E-state index contributed by atoms with van der Waals surface area (Å²) in [5, 5.41) is 1.01. The molecule has 0 radical (unpaired) electrons. The van der Waals surface area contributed by atoms with Crippen LogP contribution in [-0.4, -0.2) is 14.5 Å². The van der Waals surface area contributed by atoms with Crippen LogP contribution in [0.4, 0.5) is 5.82 Å². The lowest BCUT2D eigenvalue weighted by atomic mass is 10.0. The molecule has 98 valence electrons. The molecule has 0 fully saturated rings. The molecule has 0 aliphatic heterocycles. The molecule has 2 heterocycles. The van der Waals surface area contributed by atoms with Crippen molar-refractivity contribution in [2.75, 3.05) is 5.73 Å². The fourth-order valence-electron chi connectivity index (χ4n) is 2.78. The van der Waals surface area contributed by atoms with Gasteiger partial charge < -0.3 is 10.3 Å². The van der Waals surface area contributed by atoms with Gasteiger partial charge in [-0.25, -0.2) is 9.97 Å². The molecule has 0 aromatic carbocycles. The summed E-state index contributed by atoms with van der Waals surface area (Å²) in [5.41, 5.74) is 9.37. The van der Waals surface area contributed by atoms with Crippen LogP contribution >= 0.6 is 0 Å². The highest BCUT2D eigenvalue weighted by molar-refractivity contribution is 5.90. The zero-order valence-electron chi connectivity index (χ0n) is 11.9. The van der Waals surface area contributed by atoms with Crippen LogP contribution in [0.15, 0.2) is 6.33 Å². The molecule has 0 saturated heterocycles. The Labute approximate surface area is 108 Å². The molecule has 1 atom stereocenters. The van der Waals surface area contributed by atoms with Crippen molar-refractivity contribution >= 4 is 16.9 Å². The summed E-state index contributed by atoms with van der Waals surface area (Å²) < 4.78 is 2.29. The van der Waals surface area contributed by atoms with E-state index in [-0.39, 0.29) is 0 Å². The van der Waals surface area contributed by atoms with Gasteiger partial charge in [-0.05, 0) is 38.7 Å². The van der Waals surface area contributed by atoms with E-state index < -0.39 is 0 Å². The van der Waals surface area contributed by atoms with E-state index in [1.54, 1.807) is 6.33 Å². The van der Waals surface area contributed by atoms with E-state index in [9.17, 15) is 0 Å². The Bertz CT molecular complexity index is 569. The van der Waals surface area contributed by atoms with E-state index in [1.165, 1.54) is 11.3 Å². The van der Waals surface area contributed by atoms with Crippen LogP contribution in [0.3, 0.4) is 0 Å². The predicted octanol–water partition coefficient (Wildman–Crippen LogP) is 3.24. The summed E-state index contributed by atoms with van der Waals surface area (Å²) in [6.07, 6.45) is 2.68. The van der Waals surface area contributed by atoms with Gasteiger partial charge in [0.25, 0.3) is 0 Å². The van der Waals surface area contributed by atoms with Gasteiger partial charge in [0.2, 0.25) is 0 Å². The third-order valence-corrected chi connectivity index (χ3v) is 3.62. The summed E-state index contributed by atoms with van der Waals surface area (Å²) in [6.45, 7) is 11.0. The smallest absolute Gasteiger partial charge is 0.146 e. The van der Waals surface area contributed by atoms with Crippen molar-refractivity contribution in [1.29, 1.82) is 0 Å². The Morgan fingerprint density at radius 2 is 1.89 bits per heavy atom. The number of nitrogens with zero attached hydrogens (tertiary/aromatic N) is 3. The number of rotatable bonds is 3. The van der Waals surface area contributed by atoms with Crippen LogP contribution < -0.4 is 5.73 Å². The van der Waals surface area contributed by atoms with Gasteiger partial charge in [-0.15, -0.1) is 0 Å². The number of aryl methyl sites for hydroxylation is 1. The second-order valence-corrected chi connectivity index (χ2v) is 5.52. The van der Waals surface area contributed by atoms with Crippen molar-refractivity contribution in [3.63, 3.8) is 0 Å². The summed E-state index contributed by atoms with van der Waals surface area (Å²) >= 11 is 0. The molecule has 0 aliphatic rings. The Balaban J connectivity index is 2.64. The highest BCUT2D eigenvalue weighted by Gasteiger charge is 2.19. The molecule has 2 rings (SSSR count). The monoisotopic (exact) mass is 246 g/mol. The largest absolute Gasteiger partial charge is 0.383 e. The van der Waals surface area contributed by atoms with Gasteiger partial charge in [0.15, 0.2) is 0 Å². The first-order chi connectivity index (χ1) is 8.43. The minimum Gasteiger partial charge on any atom is -0.383 e. The van der Waals surface area contributed by atoms with Gasteiger partial charge >= 0.3 is 0 Å². The molecule has 2 N–H and O–H groups in total. The minimum absolute atomic E-state index is 0.426. The Hall–Kier alpha value is -1.58. The van der Waals surface area contributed by atoms with Crippen molar-refractivity contribution in [1.82, 2.24) is 14.5 Å². The van der Waals surface area contributed by atoms with Gasteiger partial charge in [-0.3, -0.25) is 0 Å². The molecule has 1 unspecified atom stereocenters. The first kappa shape index (κ1) is 12.9. The van der Waals surface area contributed by atoms with E-state index in [0.29, 0.717) is 17.8 Å². The van der Waals surface area contributed by atoms with E-state index >= 15 is 0 Å². The lowest BCUT2D eigenvalue weighted by Crippen LogP contribution is -2.10. The molecule has 0 aliphatic carbocycles. The maximum Gasteiger partial charge on any atom is 0.146 e. The first-order valence-electron chi connectivity index (χ1n) is 6.51. The van der Waals surface area contributed by atoms with Crippen LogP contribution in [0.25, 0.3) is 11.0 Å². The maximum absolute atomic E-state index is 5.98. The molecule has 0 saturated carbocycles. The number of fused-ring (bicyclic) bond motifs is 1. The van der Waals surface area contributed by atoms with Gasteiger partial charge in [-0.2, -0.15) is 0 Å². The standard InChI is InChI=1S/C14H22N4/c1-8(2)6-9(3)18-11(5)10(4)12-13(15)16-7-17-14(12)18/h7-9H,6H2,1-5H3,(H2,15,16,17). The summed E-state index contributed by atoms with van der Waals surface area (Å²) in [4.78, 5) is 8.52. The molecule has 4 nitrogen and oxygen atoms in total. The normalized spacial score (nSPS) is 13.4. The molecule has 0 amide bonds. The number of hydrogen-bond acceptors (Lipinski definition) is 3.